The molecule has 3 aromatic carbocycles. The maximum Gasteiger partial charge on any atom is 0.294 e. The molecule has 4 rings (SSSR count). The molecule has 0 aromatic heterocycles. The van der Waals surface area contributed by atoms with Crippen LogP contribution in [0.2, 0.25) is 0 Å². The van der Waals surface area contributed by atoms with Crippen LogP contribution >= 0.6 is 27.7 Å². The average Bonchev–Trinajstić information content (AvgIpc) is 3.19. The first-order chi connectivity index (χ1) is 19.6. The number of benzene rings is 3. The molecule has 0 radical (unpaired) electrons. The van der Waals surface area contributed by atoms with Gasteiger partial charge in [0.15, 0.2) is 6.61 Å². The first kappa shape index (κ1) is 29.9. The van der Waals surface area contributed by atoms with Crippen LogP contribution < -0.4 is 20.1 Å². The summed E-state index contributed by atoms with van der Waals surface area (Å²) in [7, 11) is 0. The van der Waals surface area contributed by atoms with E-state index < -0.39 is 23.6 Å². The minimum atomic E-state index is -0.545. The molecule has 1 saturated heterocycles. The number of halogens is 1. The number of carbonyl (C=O) groups is 4. The first-order valence-corrected chi connectivity index (χ1v) is 14.3. The van der Waals surface area contributed by atoms with Crippen molar-refractivity contribution in [2.24, 2.45) is 0 Å². The minimum Gasteiger partial charge on any atom is -0.494 e. The number of aryl methyl sites for hydroxylation is 2. The molecule has 0 unspecified atom stereocenters. The van der Waals surface area contributed by atoms with Gasteiger partial charge in [0.25, 0.3) is 17.1 Å². The van der Waals surface area contributed by atoms with Crippen molar-refractivity contribution in [3.05, 3.63) is 86.7 Å². The Morgan fingerprint density at radius 2 is 1.54 bits per heavy atom. The monoisotopic (exact) mass is 637 g/mol. The van der Waals surface area contributed by atoms with E-state index in [-0.39, 0.29) is 17.4 Å². The predicted octanol–water partition coefficient (Wildman–Crippen LogP) is 6.16. The third-order valence-electron chi connectivity index (χ3n) is 6.03. The SMILES string of the molecule is CCOc1ccc(NC(=O)CN2C(=O)S/C(=C/c3ccc(OCC(=O)Nc4cc(C)c(C)cc4Br)cc3)C2=O)cc1. The van der Waals surface area contributed by atoms with Gasteiger partial charge >= 0.3 is 0 Å². The fraction of sp³-hybridized carbons (Fsp3) is 0.200. The van der Waals surface area contributed by atoms with Crippen LogP contribution in [-0.4, -0.2) is 47.6 Å². The van der Waals surface area contributed by atoms with E-state index in [4.69, 9.17) is 9.47 Å². The van der Waals surface area contributed by atoms with Crippen molar-refractivity contribution in [2.75, 3.05) is 30.4 Å². The van der Waals surface area contributed by atoms with Crippen LogP contribution in [0.5, 0.6) is 11.5 Å². The average molecular weight is 639 g/mol. The number of amides is 4. The molecule has 0 spiro atoms. The Kier molecular flexibility index (Phi) is 9.85. The Morgan fingerprint density at radius 3 is 2.22 bits per heavy atom. The van der Waals surface area contributed by atoms with Crippen molar-refractivity contribution in [3.63, 3.8) is 0 Å². The molecule has 11 heteroatoms. The molecule has 3 aromatic rings. The molecule has 9 nitrogen and oxygen atoms in total. The highest BCUT2D eigenvalue weighted by molar-refractivity contribution is 9.10. The van der Waals surface area contributed by atoms with Gasteiger partial charge in [0.1, 0.15) is 18.0 Å². The molecule has 0 bridgehead atoms. The molecule has 4 amide bonds. The lowest BCUT2D eigenvalue weighted by Crippen LogP contribution is -2.36. The van der Waals surface area contributed by atoms with Gasteiger partial charge in [-0.05, 0) is 120 Å². The molecule has 212 valence electrons. The van der Waals surface area contributed by atoms with E-state index in [1.54, 1.807) is 54.6 Å². The van der Waals surface area contributed by atoms with Gasteiger partial charge in [-0.1, -0.05) is 12.1 Å². The normalized spacial score (nSPS) is 13.9. The predicted molar refractivity (Wildman–Crippen MR) is 163 cm³/mol. The zero-order chi connectivity index (χ0) is 29.5. The van der Waals surface area contributed by atoms with Crippen molar-refractivity contribution < 1.29 is 28.7 Å². The Hall–Kier alpha value is -4.09. The van der Waals surface area contributed by atoms with Crippen LogP contribution in [0.25, 0.3) is 6.08 Å². The summed E-state index contributed by atoms with van der Waals surface area (Å²) in [6.07, 6.45) is 1.57. The Bertz CT molecular complexity index is 1510. The molecule has 1 aliphatic heterocycles. The number of imide groups is 1. The maximum absolute atomic E-state index is 12.8. The summed E-state index contributed by atoms with van der Waals surface area (Å²) < 4.78 is 11.8. The number of anilines is 2. The van der Waals surface area contributed by atoms with Crippen LogP contribution in [0.3, 0.4) is 0 Å². The largest absolute Gasteiger partial charge is 0.494 e. The fourth-order valence-corrected chi connectivity index (χ4v) is 5.20. The van der Waals surface area contributed by atoms with Crippen molar-refractivity contribution in [1.29, 1.82) is 0 Å². The summed E-state index contributed by atoms with van der Waals surface area (Å²) in [6, 6.07) is 17.4. The van der Waals surface area contributed by atoms with E-state index in [0.717, 1.165) is 32.3 Å². The quantitative estimate of drug-likeness (QED) is 0.256. The number of carbonyl (C=O) groups excluding carboxylic acids is 4. The summed E-state index contributed by atoms with van der Waals surface area (Å²) >= 11 is 4.23. The highest BCUT2D eigenvalue weighted by atomic mass is 79.9. The summed E-state index contributed by atoms with van der Waals surface area (Å²) in [5, 5.41) is 4.98. The third-order valence-corrected chi connectivity index (χ3v) is 7.59. The topological polar surface area (TPSA) is 114 Å². The number of hydrogen-bond acceptors (Lipinski definition) is 7. The lowest BCUT2D eigenvalue weighted by atomic mass is 10.1. The Labute approximate surface area is 250 Å². The zero-order valence-corrected chi connectivity index (χ0v) is 25.1. The van der Waals surface area contributed by atoms with Crippen molar-refractivity contribution in [2.45, 2.75) is 20.8 Å². The second-order valence-electron chi connectivity index (χ2n) is 9.10. The molecule has 1 heterocycles. The zero-order valence-electron chi connectivity index (χ0n) is 22.7. The van der Waals surface area contributed by atoms with Gasteiger partial charge < -0.3 is 20.1 Å². The molecular formula is C30H28BrN3O6S. The van der Waals surface area contributed by atoms with E-state index in [9.17, 15) is 19.2 Å². The fourth-order valence-electron chi connectivity index (χ4n) is 3.81. The standard InChI is InChI=1S/C30H28BrN3O6S/c1-4-39-22-11-7-21(8-12-22)32-27(35)16-34-29(37)26(41-30(34)38)15-20-5-9-23(10-6-20)40-17-28(36)33-25-14-19(3)18(2)13-24(25)31/h5-15H,4,16-17H2,1-3H3,(H,32,35)(H,33,36)/b26-15+. The van der Waals surface area contributed by atoms with E-state index in [2.05, 4.69) is 26.6 Å². The molecule has 0 saturated carbocycles. The van der Waals surface area contributed by atoms with Crippen LogP contribution in [0.1, 0.15) is 23.6 Å². The van der Waals surface area contributed by atoms with Crippen LogP contribution in [0.4, 0.5) is 16.2 Å². The van der Waals surface area contributed by atoms with Crippen molar-refractivity contribution >= 4 is 68.1 Å². The molecule has 1 fully saturated rings. The van der Waals surface area contributed by atoms with Crippen molar-refractivity contribution in [3.8, 4) is 11.5 Å². The molecule has 2 N–H and O–H groups in total. The molecule has 41 heavy (non-hydrogen) atoms. The highest BCUT2D eigenvalue weighted by Gasteiger charge is 2.36. The Morgan fingerprint density at radius 1 is 0.902 bits per heavy atom. The maximum atomic E-state index is 12.8. The number of hydrogen-bond donors (Lipinski definition) is 2. The van der Waals surface area contributed by atoms with Gasteiger partial charge in [-0.3, -0.25) is 24.1 Å². The number of ether oxygens (including phenoxy) is 2. The van der Waals surface area contributed by atoms with Crippen LogP contribution in [0, 0.1) is 13.8 Å². The number of rotatable bonds is 10. The van der Waals surface area contributed by atoms with Gasteiger partial charge in [0.05, 0.1) is 17.2 Å². The summed E-state index contributed by atoms with van der Waals surface area (Å²) in [5.74, 6) is -0.202. The molecule has 0 aliphatic carbocycles. The molecule has 1 aliphatic rings. The van der Waals surface area contributed by atoms with E-state index in [0.29, 0.717) is 35.0 Å². The van der Waals surface area contributed by atoms with Gasteiger partial charge in [0, 0.05) is 10.2 Å². The first-order valence-electron chi connectivity index (χ1n) is 12.7. The van der Waals surface area contributed by atoms with Gasteiger partial charge in [0.2, 0.25) is 5.91 Å². The van der Waals surface area contributed by atoms with Crippen molar-refractivity contribution in [1.82, 2.24) is 4.90 Å². The van der Waals surface area contributed by atoms with Crippen LogP contribution in [-0.2, 0) is 14.4 Å². The summed E-state index contributed by atoms with van der Waals surface area (Å²) in [5.41, 5.74) is 4.02. The minimum absolute atomic E-state index is 0.184. The lowest BCUT2D eigenvalue weighted by Gasteiger charge is -2.12. The highest BCUT2D eigenvalue weighted by Crippen LogP contribution is 2.32. The van der Waals surface area contributed by atoms with Gasteiger partial charge in [-0.15, -0.1) is 0 Å². The van der Waals surface area contributed by atoms with Crippen LogP contribution in [0.15, 0.2) is 70.0 Å². The second-order valence-corrected chi connectivity index (χ2v) is 10.9. The number of nitrogens with one attached hydrogen (secondary N) is 2. The lowest BCUT2D eigenvalue weighted by molar-refractivity contribution is -0.127. The molecule has 0 atom stereocenters. The third kappa shape index (κ3) is 7.99. The second kappa shape index (κ2) is 13.5. The Balaban J connectivity index is 1.30. The van der Waals surface area contributed by atoms with E-state index in [1.165, 1.54) is 0 Å². The van der Waals surface area contributed by atoms with Gasteiger partial charge in [-0.2, -0.15) is 0 Å². The van der Waals surface area contributed by atoms with E-state index >= 15 is 0 Å². The van der Waals surface area contributed by atoms with Gasteiger partial charge in [-0.25, -0.2) is 0 Å². The smallest absolute Gasteiger partial charge is 0.294 e. The number of nitrogens with zero attached hydrogens (tertiary/aromatic N) is 1. The summed E-state index contributed by atoms with van der Waals surface area (Å²) in [4.78, 5) is 51.2. The number of thioether (sulfide) groups is 1. The molecular weight excluding hydrogens is 610 g/mol. The summed E-state index contributed by atoms with van der Waals surface area (Å²) in [6.45, 7) is 5.79. The van der Waals surface area contributed by atoms with E-state index in [1.807, 2.05) is 32.9 Å².